The van der Waals surface area contributed by atoms with Crippen LogP contribution in [0.3, 0.4) is 0 Å². The Balaban J connectivity index is 0.00000261. The number of benzene rings is 1. The summed E-state index contributed by atoms with van der Waals surface area (Å²) in [6.07, 6.45) is 3.69. The molecular weight excluding hydrogens is 473 g/mol. The van der Waals surface area contributed by atoms with Crippen molar-refractivity contribution in [2.75, 3.05) is 44.2 Å². The van der Waals surface area contributed by atoms with Crippen molar-refractivity contribution in [2.24, 2.45) is 16.6 Å². The van der Waals surface area contributed by atoms with Gasteiger partial charge >= 0.3 is 0 Å². The Bertz CT molecular complexity index is 639. The van der Waals surface area contributed by atoms with E-state index in [1.165, 1.54) is 30.6 Å². The summed E-state index contributed by atoms with van der Waals surface area (Å²) in [6.45, 7) is 10.5. The number of guanidine groups is 1. The monoisotopic (exact) mass is 505 g/mol. The molecule has 27 heavy (non-hydrogen) atoms. The zero-order chi connectivity index (χ0) is 18.5. The van der Waals surface area contributed by atoms with Gasteiger partial charge in [0.05, 0.1) is 0 Å². The van der Waals surface area contributed by atoms with Gasteiger partial charge < -0.3 is 16.0 Å². The van der Waals surface area contributed by atoms with Gasteiger partial charge in [-0.05, 0) is 62.9 Å². The highest BCUT2D eigenvalue weighted by Gasteiger charge is 2.24. The number of nitrogens with two attached hydrogens (primary N) is 1. The topological polar surface area (TPSA) is 56.9 Å². The van der Waals surface area contributed by atoms with Crippen molar-refractivity contribution >= 4 is 47.2 Å². The van der Waals surface area contributed by atoms with Crippen LogP contribution in [0.1, 0.15) is 31.7 Å². The predicted molar refractivity (Wildman–Crippen MR) is 127 cm³/mol. The van der Waals surface area contributed by atoms with E-state index in [1.54, 1.807) is 0 Å². The second-order valence-corrected chi connectivity index (χ2v) is 8.00. The SMILES string of the molecule is CCN1CCCC1CNC(N)=NCC1CCN(c2cc(Cl)ccc2C)C1.I. The highest BCUT2D eigenvalue weighted by atomic mass is 127. The van der Waals surface area contributed by atoms with Crippen LogP contribution in [0.2, 0.25) is 5.02 Å². The molecule has 2 heterocycles. The Morgan fingerprint density at radius 1 is 1.33 bits per heavy atom. The standard InChI is InChI=1S/C20H32ClN5.HI/c1-3-25-9-4-5-18(25)13-24-20(22)23-12-16-8-10-26(14-16)19-11-17(21)7-6-15(19)2;/h6-7,11,16,18H,3-5,8-10,12-14H2,1-2H3,(H3,22,23,24);1H. The van der Waals surface area contributed by atoms with Gasteiger partial charge in [-0.1, -0.05) is 24.6 Å². The Hall–Kier alpha value is -0.730. The first kappa shape index (κ1) is 22.6. The fourth-order valence-corrected chi connectivity index (χ4v) is 4.34. The zero-order valence-electron chi connectivity index (χ0n) is 16.5. The molecule has 2 atom stereocenters. The summed E-state index contributed by atoms with van der Waals surface area (Å²) in [7, 11) is 0. The van der Waals surface area contributed by atoms with Crippen LogP contribution in [0.25, 0.3) is 0 Å². The third kappa shape index (κ3) is 6.12. The molecule has 2 unspecified atom stereocenters. The molecule has 7 heteroatoms. The molecular formula is C20H33ClIN5. The van der Waals surface area contributed by atoms with Gasteiger partial charge in [0.25, 0.3) is 0 Å². The largest absolute Gasteiger partial charge is 0.371 e. The molecule has 0 bridgehead atoms. The number of aliphatic imine (C=N–C) groups is 1. The van der Waals surface area contributed by atoms with Crippen LogP contribution in [0.15, 0.2) is 23.2 Å². The molecule has 2 saturated heterocycles. The highest BCUT2D eigenvalue weighted by Crippen LogP contribution is 2.29. The van der Waals surface area contributed by atoms with Crippen molar-refractivity contribution in [3.63, 3.8) is 0 Å². The Morgan fingerprint density at radius 2 is 2.15 bits per heavy atom. The quantitative estimate of drug-likeness (QED) is 0.353. The van der Waals surface area contributed by atoms with Crippen molar-refractivity contribution in [2.45, 2.75) is 39.2 Å². The van der Waals surface area contributed by atoms with Gasteiger partial charge in [0, 0.05) is 42.9 Å². The van der Waals surface area contributed by atoms with Gasteiger partial charge in [-0.25, -0.2) is 0 Å². The number of hydrogen-bond donors (Lipinski definition) is 2. The number of aryl methyl sites for hydroxylation is 1. The molecule has 152 valence electrons. The third-order valence-electron chi connectivity index (χ3n) is 5.74. The number of hydrogen-bond acceptors (Lipinski definition) is 3. The lowest BCUT2D eigenvalue weighted by Gasteiger charge is -2.23. The molecule has 5 nitrogen and oxygen atoms in total. The van der Waals surface area contributed by atoms with E-state index in [0.29, 0.717) is 17.9 Å². The first-order valence-electron chi connectivity index (χ1n) is 9.85. The van der Waals surface area contributed by atoms with E-state index in [4.69, 9.17) is 17.3 Å². The summed E-state index contributed by atoms with van der Waals surface area (Å²) >= 11 is 6.17. The van der Waals surface area contributed by atoms with Gasteiger partial charge in [-0.2, -0.15) is 0 Å². The predicted octanol–water partition coefficient (Wildman–Crippen LogP) is 3.48. The number of nitrogens with one attached hydrogen (secondary N) is 1. The minimum Gasteiger partial charge on any atom is -0.371 e. The van der Waals surface area contributed by atoms with Gasteiger partial charge in [-0.3, -0.25) is 9.89 Å². The van der Waals surface area contributed by atoms with Crippen LogP contribution in [0.5, 0.6) is 0 Å². The molecule has 0 aliphatic carbocycles. The van der Waals surface area contributed by atoms with E-state index in [-0.39, 0.29) is 24.0 Å². The molecule has 3 rings (SSSR count). The molecule has 3 N–H and O–H groups in total. The first-order chi connectivity index (χ1) is 12.6. The molecule has 0 radical (unpaired) electrons. The van der Waals surface area contributed by atoms with Crippen molar-refractivity contribution in [1.29, 1.82) is 0 Å². The fourth-order valence-electron chi connectivity index (χ4n) is 4.17. The van der Waals surface area contributed by atoms with Crippen LogP contribution in [0, 0.1) is 12.8 Å². The van der Waals surface area contributed by atoms with E-state index in [9.17, 15) is 0 Å². The number of likely N-dealkylation sites (N-methyl/N-ethyl adjacent to an activating group) is 1. The van der Waals surface area contributed by atoms with Gasteiger partial charge in [0.15, 0.2) is 5.96 Å². The molecule has 2 fully saturated rings. The van der Waals surface area contributed by atoms with Crippen molar-refractivity contribution < 1.29 is 0 Å². The van der Waals surface area contributed by atoms with Crippen LogP contribution in [-0.2, 0) is 0 Å². The van der Waals surface area contributed by atoms with E-state index in [1.807, 2.05) is 6.07 Å². The summed E-state index contributed by atoms with van der Waals surface area (Å²) in [5.41, 5.74) is 8.62. The minimum absolute atomic E-state index is 0. The van der Waals surface area contributed by atoms with Crippen LogP contribution in [-0.4, -0.2) is 56.2 Å². The average molecular weight is 506 g/mol. The maximum absolute atomic E-state index is 6.17. The second-order valence-electron chi connectivity index (χ2n) is 7.56. The molecule has 0 amide bonds. The first-order valence-corrected chi connectivity index (χ1v) is 10.2. The van der Waals surface area contributed by atoms with Gasteiger partial charge in [-0.15, -0.1) is 24.0 Å². The van der Waals surface area contributed by atoms with Crippen molar-refractivity contribution in [3.05, 3.63) is 28.8 Å². The number of anilines is 1. The molecule has 1 aromatic carbocycles. The lowest BCUT2D eigenvalue weighted by Crippen LogP contribution is -2.43. The zero-order valence-corrected chi connectivity index (χ0v) is 19.5. The number of nitrogens with zero attached hydrogens (tertiary/aromatic N) is 3. The lowest BCUT2D eigenvalue weighted by atomic mass is 10.1. The fraction of sp³-hybridized carbons (Fsp3) is 0.650. The third-order valence-corrected chi connectivity index (χ3v) is 5.98. The van der Waals surface area contributed by atoms with E-state index >= 15 is 0 Å². The highest BCUT2D eigenvalue weighted by molar-refractivity contribution is 14.0. The summed E-state index contributed by atoms with van der Waals surface area (Å²) in [4.78, 5) is 9.53. The molecule has 0 saturated carbocycles. The molecule has 2 aliphatic heterocycles. The second kappa shape index (κ2) is 10.7. The normalized spacial score (nSPS) is 23.5. The minimum atomic E-state index is 0. The summed E-state index contributed by atoms with van der Waals surface area (Å²) in [5.74, 6) is 1.14. The van der Waals surface area contributed by atoms with E-state index in [2.05, 4.69) is 46.1 Å². The molecule has 1 aromatic rings. The van der Waals surface area contributed by atoms with Crippen LogP contribution in [0.4, 0.5) is 5.69 Å². The molecule has 0 aromatic heterocycles. The average Bonchev–Trinajstić information content (AvgIpc) is 3.29. The number of halogens is 2. The summed E-state index contributed by atoms with van der Waals surface area (Å²) in [5, 5.41) is 4.13. The number of likely N-dealkylation sites (tertiary alicyclic amines) is 1. The smallest absolute Gasteiger partial charge is 0.188 e. The number of rotatable bonds is 6. The van der Waals surface area contributed by atoms with Crippen molar-refractivity contribution in [3.8, 4) is 0 Å². The Kier molecular flexibility index (Phi) is 8.95. The van der Waals surface area contributed by atoms with E-state index in [0.717, 1.165) is 44.2 Å². The van der Waals surface area contributed by atoms with Gasteiger partial charge in [0.2, 0.25) is 0 Å². The van der Waals surface area contributed by atoms with E-state index < -0.39 is 0 Å². The molecule has 2 aliphatic rings. The summed E-state index contributed by atoms with van der Waals surface area (Å²) in [6, 6.07) is 6.71. The van der Waals surface area contributed by atoms with Crippen LogP contribution < -0.4 is 16.0 Å². The molecule has 0 spiro atoms. The maximum atomic E-state index is 6.17. The Labute approximate surface area is 185 Å². The lowest BCUT2D eigenvalue weighted by molar-refractivity contribution is 0.267. The van der Waals surface area contributed by atoms with Crippen molar-refractivity contribution in [1.82, 2.24) is 10.2 Å². The van der Waals surface area contributed by atoms with Crippen LogP contribution >= 0.6 is 35.6 Å². The van der Waals surface area contributed by atoms with Gasteiger partial charge in [0.1, 0.15) is 0 Å². The summed E-state index contributed by atoms with van der Waals surface area (Å²) < 4.78 is 0. The Morgan fingerprint density at radius 3 is 2.93 bits per heavy atom. The maximum Gasteiger partial charge on any atom is 0.188 e.